The number of fused-ring (bicyclic) bond motifs is 1. The summed E-state index contributed by atoms with van der Waals surface area (Å²) in [6.07, 6.45) is 3.04. The molecular weight excluding hydrogens is 244 g/mol. The van der Waals surface area contributed by atoms with Crippen molar-refractivity contribution in [3.63, 3.8) is 0 Å². The van der Waals surface area contributed by atoms with Gasteiger partial charge < -0.3 is 4.74 Å². The van der Waals surface area contributed by atoms with Crippen LogP contribution in [-0.2, 0) is 11.2 Å². The van der Waals surface area contributed by atoms with Crippen LogP contribution in [0.3, 0.4) is 0 Å². The van der Waals surface area contributed by atoms with Gasteiger partial charge in [-0.2, -0.15) is 0 Å². The molecule has 2 rings (SSSR count). The summed E-state index contributed by atoms with van der Waals surface area (Å²) >= 11 is 0. The van der Waals surface area contributed by atoms with Crippen molar-refractivity contribution in [1.82, 2.24) is 9.38 Å². The molecule has 100 valence electrons. The van der Waals surface area contributed by atoms with Crippen molar-refractivity contribution in [2.24, 2.45) is 0 Å². The topological polar surface area (TPSA) is 60.7 Å². The van der Waals surface area contributed by atoms with Crippen molar-refractivity contribution in [2.45, 2.75) is 26.7 Å². The van der Waals surface area contributed by atoms with Crippen molar-refractivity contribution in [1.29, 1.82) is 0 Å². The lowest BCUT2D eigenvalue weighted by molar-refractivity contribution is 0.0600. The number of esters is 1. The molecule has 0 aromatic carbocycles. The molecule has 0 unspecified atom stereocenters. The standard InChI is InChI=1S/C14H16N2O3/c1-4-5-11-9(2)15-12-7-6-10(14(18)19-3)8-16(12)13(11)17/h6-8H,4-5H2,1-3H3. The van der Waals surface area contributed by atoms with E-state index in [2.05, 4.69) is 9.72 Å². The molecule has 2 aromatic rings. The van der Waals surface area contributed by atoms with Crippen molar-refractivity contribution in [3.8, 4) is 0 Å². The number of aromatic nitrogens is 2. The molecule has 0 bridgehead atoms. The van der Waals surface area contributed by atoms with E-state index in [0.717, 1.165) is 12.1 Å². The number of hydrogen-bond donors (Lipinski definition) is 0. The van der Waals surface area contributed by atoms with E-state index in [0.29, 0.717) is 23.2 Å². The summed E-state index contributed by atoms with van der Waals surface area (Å²) in [5.41, 5.74) is 2.20. The van der Waals surface area contributed by atoms with Crippen LogP contribution in [-0.4, -0.2) is 22.5 Å². The zero-order chi connectivity index (χ0) is 14.0. The number of carbonyl (C=O) groups excluding carboxylic acids is 1. The summed E-state index contributed by atoms with van der Waals surface area (Å²) in [6, 6.07) is 3.25. The van der Waals surface area contributed by atoms with Crippen LogP contribution in [0, 0.1) is 6.92 Å². The number of aryl methyl sites for hydroxylation is 1. The van der Waals surface area contributed by atoms with E-state index in [1.54, 1.807) is 12.1 Å². The third-order valence-electron chi connectivity index (χ3n) is 3.04. The summed E-state index contributed by atoms with van der Waals surface area (Å²) in [5, 5.41) is 0. The first kappa shape index (κ1) is 13.3. The van der Waals surface area contributed by atoms with Crippen LogP contribution in [0.25, 0.3) is 5.65 Å². The van der Waals surface area contributed by atoms with Gasteiger partial charge in [-0.1, -0.05) is 13.3 Å². The Bertz CT molecular complexity index is 689. The van der Waals surface area contributed by atoms with E-state index in [9.17, 15) is 9.59 Å². The predicted molar refractivity (Wildman–Crippen MR) is 71.5 cm³/mol. The Kier molecular flexibility index (Phi) is 3.64. The molecule has 5 heteroatoms. The molecule has 5 nitrogen and oxygen atoms in total. The van der Waals surface area contributed by atoms with Crippen LogP contribution in [0.1, 0.15) is 35.0 Å². The quantitative estimate of drug-likeness (QED) is 0.789. The fourth-order valence-electron chi connectivity index (χ4n) is 2.06. The van der Waals surface area contributed by atoms with Gasteiger partial charge in [-0.15, -0.1) is 0 Å². The molecule has 0 saturated heterocycles. The maximum Gasteiger partial charge on any atom is 0.339 e. The number of pyridine rings is 1. The van der Waals surface area contributed by atoms with Gasteiger partial charge in [0.2, 0.25) is 0 Å². The maximum atomic E-state index is 12.4. The fourth-order valence-corrected chi connectivity index (χ4v) is 2.06. The van der Waals surface area contributed by atoms with Crippen LogP contribution in [0.5, 0.6) is 0 Å². The fraction of sp³-hybridized carbons (Fsp3) is 0.357. The number of nitrogens with zero attached hydrogens (tertiary/aromatic N) is 2. The van der Waals surface area contributed by atoms with E-state index in [1.165, 1.54) is 17.7 Å². The molecular formula is C14H16N2O3. The summed E-state index contributed by atoms with van der Waals surface area (Å²) < 4.78 is 6.06. The molecule has 0 saturated carbocycles. The molecule has 0 radical (unpaired) electrons. The number of hydrogen-bond acceptors (Lipinski definition) is 4. The van der Waals surface area contributed by atoms with Gasteiger partial charge in [0.1, 0.15) is 5.65 Å². The number of methoxy groups -OCH3 is 1. The van der Waals surface area contributed by atoms with Gasteiger partial charge in [0.15, 0.2) is 0 Å². The van der Waals surface area contributed by atoms with Gasteiger partial charge >= 0.3 is 5.97 Å². The highest BCUT2D eigenvalue weighted by atomic mass is 16.5. The monoisotopic (exact) mass is 260 g/mol. The molecule has 0 amide bonds. The minimum atomic E-state index is -0.466. The average molecular weight is 260 g/mol. The normalized spacial score (nSPS) is 10.7. The number of carbonyl (C=O) groups is 1. The summed E-state index contributed by atoms with van der Waals surface area (Å²) in [6.45, 7) is 3.85. The van der Waals surface area contributed by atoms with E-state index < -0.39 is 5.97 Å². The second-order valence-electron chi connectivity index (χ2n) is 4.37. The first-order valence-corrected chi connectivity index (χ1v) is 6.18. The maximum absolute atomic E-state index is 12.4. The third-order valence-corrected chi connectivity index (χ3v) is 3.04. The molecule has 19 heavy (non-hydrogen) atoms. The lowest BCUT2D eigenvalue weighted by Gasteiger charge is -2.08. The molecule has 0 aliphatic rings. The van der Waals surface area contributed by atoms with Gasteiger partial charge in [-0.3, -0.25) is 9.20 Å². The second-order valence-corrected chi connectivity index (χ2v) is 4.37. The van der Waals surface area contributed by atoms with Crippen LogP contribution < -0.4 is 5.56 Å². The zero-order valence-corrected chi connectivity index (χ0v) is 11.3. The summed E-state index contributed by atoms with van der Waals surface area (Å²) in [7, 11) is 1.31. The molecule has 0 aliphatic carbocycles. The van der Waals surface area contributed by atoms with Gasteiger partial charge in [-0.25, -0.2) is 9.78 Å². The second kappa shape index (κ2) is 5.22. The zero-order valence-electron chi connectivity index (χ0n) is 11.3. The average Bonchev–Trinajstić information content (AvgIpc) is 2.42. The Hall–Kier alpha value is -2.17. The SMILES string of the molecule is CCCc1c(C)nc2ccc(C(=O)OC)cn2c1=O. The van der Waals surface area contributed by atoms with Gasteiger partial charge in [0, 0.05) is 17.5 Å². The Balaban J connectivity index is 2.70. The van der Waals surface area contributed by atoms with E-state index in [4.69, 9.17) is 0 Å². The molecule has 0 atom stereocenters. The lowest BCUT2D eigenvalue weighted by Crippen LogP contribution is -2.22. The lowest BCUT2D eigenvalue weighted by atomic mass is 10.1. The van der Waals surface area contributed by atoms with Gasteiger partial charge in [0.05, 0.1) is 12.7 Å². The van der Waals surface area contributed by atoms with E-state index in [-0.39, 0.29) is 5.56 Å². The minimum absolute atomic E-state index is 0.116. The summed E-state index contributed by atoms with van der Waals surface area (Å²) in [4.78, 5) is 28.3. The van der Waals surface area contributed by atoms with E-state index in [1.807, 2.05) is 13.8 Å². The Morgan fingerprint density at radius 3 is 2.79 bits per heavy atom. The Morgan fingerprint density at radius 2 is 2.16 bits per heavy atom. The molecule has 0 spiro atoms. The van der Waals surface area contributed by atoms with Crippen LogP contribution in [0.4, 0.5) is 0 Å². The van der Waals surface area contributed by atoms with Crippen molar-refractivity contribution < 1.29 is 9.53 Å². The first-order valence-electron chi connectivity index (χ1n) is 6.18. The minimum Gasteiger partial charge on any atom is -0.465 e. The number of ether oxygens (including phenoxy) is 1. The van der Waals surface area contributed by atoms with Crippen LogP contribution in [0.2, 0.25) is 0 Å². The smallest absolute Gasteiger partial charge is 0.339 e. The molecule has 0 aliphatic heterocycles. The van der Waals surface area contributed by atoms with Crippen molar-refractivity contribution in [2.75, 3.05) is 7.11 Å². The number of rotatable bonds is 3. The summed E-state index contributed by atoms with van der Waals surface area (Å²) in [5.74, 6) is -0.466. The van der Waals surface area contributed by atoms with Gasteiger partial charge in [-0.05, 0) is 25.5 Å². The highest BCUT2D eigenvalue weighted by molar-refractivity contribution is 5.89. The van der Waals surface area contributed by atoms with Crippen LogP contribution in [0.15, 0.2) is 23.1 Å². The molecule has 0 fully saturated rings. The molecule has 2 aromatic heterocycles. The van der Waals surface area contributed by atoms with Gasteiger partial charge in [0.25, 0.3) is 5.56 Å². The van der Waals surface area contributed by atoms with Crippen molar-refractivity contribution >= 4 is 11.6 Å². The molecule has 2 heterocycles. The first-order chi connectivity index (χ1) is 9.08. The van der Waals surface area contributed by atoms with Crippen molar-refractivity contribution in [3.05, 3.63) is 45.5 Å². The van der Waals surface area contributed by atoms with Crippen LogP contribution >= 0.6 is 0 Å². The Morgan fingerprint density at radius 1 is 1.42 bits per heavy atom. The van der Waals surface area contributed by atoms with E-state index >= 15 is 0 Å². The predicted octanol–water partition coefficient (Wildman–Crippen LogP) is 1.74. The Labute approximate surface area is 110 Å². The highest BCUT2D eigenvalue weighted by Crippen LogP contribution is 2.08. The molecule has 0 N–H and O–H groups in total. The largest absolute Gasteiger partial charge is 0.465 e. The highest BCUT2D eigenvalue weighted by Gasteiger charge is 2.11. The third kappa shape index (κ3) is 2.36.